The van der Waals surface area contributed by atoms with Crippen molar-refractivity contribution in [3.63, 3.8) is 0 Å². The maximum absolute atomic E-state index is 11.8. The van der Waals surface area contributed by atoms with Crippen LogP contribution in [-0.2, 0) is 22.4 Å². The molecule has 0 aliphatic rings. The van der Waals surface area contributed by atoms with Crippen molar-refractivity contribution in [1.29, 1.82) is 0 Å². The zero-order valence-corrected chi connectivity index (χ0v) is 10.1. The van der Waals surface area contributed by atoms with Gasteiger partial charge in [-0.1, -0.05) is 30.3 Å². The Balaban J connectivity index is 0.00000112. The molecule has 0 aromatic heterocycles. The van der Waals surface area contributed by atoms with Crippen molar-refractivity contribution < 1.29 is 27.2 Å². The van der Waals surface area contributed by atoms with Gasteiger partial charge in [0.05, 0.1) is 0 Å². The summed E-state index contributed by atoms with van der Waals surface area (Å²) in [5.41, 5.74) is 1.31. The number of carbonyl (C=O) groups excluding carboxylic acids is 1. The van der Waals surface area contributed by atoms with E-state index in [1.54, 1.807) is 12.1 Å². The van der Waals surface area contributed by atoms with Gasteiger partial charge in [0.15, 0.2) is 0 Å². The van der Waals surface area contributed by atoms with E-state index >= 15 is 0 Å². The van der Waals surface area contributed by atoms with Crippen molar-refractivity contribution >= 4 is 5.78 Å². The summed E-state index contributed by atoms with van der Waals surface area (Å²) >= 11 is 0. The van der Waals surface area contributed by atoms with E-state index in [4.69, 9.17) is 0 Å². The Morgan fingerprint density at radius 2 is 1.60 bits per heavy atom. The summed E-state index contributed by atoms with van der Waals surface area (Å²) in [6.07, 6.45) is 0. The van der Waals surface area contributed by atoms with Crippen LogP contribution in [0.2, 0.25) is 0 Å². The zero-order valence-electron chi connectivity index (χ0n) is 7.91. The summed E-state index contributed by atoms with van der Waals surface area (Å²) in [6, 6.07) is 19.4. The maximum atomic E-state index is 11.8. The van der Waals surface area contributed by atoms with Crippen LogP contribution in [0.1, 0.15) is 15.9 Å². The van der Waals surface area contributed by atoms with Crippen molar-refractivity contribution in [2.24, 2.45) is 0 Å². The van der Waals surface area contributed by atoms with Gasteiger partial charge >= 0.3 is 22.4 Å². The molecule has 78 valence electrons. The molecule has 0 saturated carbocycles. The van der Waals surface area contributed by atoms with E-state index in [0.29, 0.717) is 11.1 Å². The van der Waals surface area contributed by atoms with E-state index in [9.17, 15) is 4.79 Å². The van der Waals surface area contributed by atoms with Crippen molar-refractivity contribution in [3.05, 3.63) is 71.8 Å². The van der Waals surface area contributed by atoms with Gasteiger partial charge in [0.25, 0.3) is 0 Å². The van der Waals surface area contributed by atoms with Crippen LogP contribution in [0.25, 0.3) is 0 Å². The Morgan fingerprint density at radius 3 is 2.20 bits per heavy atom. The molecule has 0 amide bonds. The predicted octanol–water partition coefficient (Wildman–Crippen LogP) is 2.72. The second kappa shape index (κ2) is 5.66. The van der Waals surface area contributed by atoms with Gasteiger partial charge in [0.2, 0.25) is 0 Å². The van der Waals surface area contributed by atoms with Crippen LogP contribution in [0.4, 0.5) is 0 Å². The SMILES string of the molecule is O=C(c1[c-]cccc1)c1ccccc1.[Au+]. The van der Waals surface area contributed by atoms with E-state index in [1.165, 1.54) is 0 Å². The number of benzene rings is 2. The largest absolute Gasteiger partial charge is 1.00 e. The Hall–Kier alpha value is -1.15. The number of hydrogen-bond donors (Lipinski definition) is 0. The fourth-order valence-electron chi connectivity index (χ4n) is 1.28. The van der Waals surface area contributed by atoms with Crippen LogP contribution in [0.3, 0.4) is 0 Å². The molecule has 0 radical (unpaired) electrons. The number of carbonyl (C=O) groups is 1. The van der Waals surface area contributed by atoms with E-state index in [1.807, 2.05) is 42.5 Å². The van der Waals surface area contributed by atoms with Gasteiger partial charge in [-0.05, 0) is 5.56 Å². The molecule has 0 atom stereocenters. The molecular formula is C13H9AuO. The summed E-state index contributed by atoms with van der Waals surface area (Å²) in [5, 5.41) is 0. The number of rotatable bonds is 2. The molecule has 0 aliphatic carbocycles. The minimum atomic E-state index is 0. The number of ketones is 1. The van der Waals surface area contributed by atoms with E-state index in [2.05, 4.69) is 6.07 Å². The van der Waals surface area contributed by atoms with Gasteiger partial charge in [0.1, 0.15) is 5.78 Å². The van der Waals surface area contributed by atoms with Gasteiger partial charge in [-0.25, -0.2) is 0 Å². The molecule has 0 aliphatic heterocycles. The third kappa shape index (κ3) is 2.90. The molecule has 2 aromatic rings. The smallest absolute Gasteiger partial charge is 0.346 e. The Morgan fingerprint density at radius 1 is 0.933 bits per heavy atom. The van der Waals surface area contributed by atoms with Crippen molar-refractivity contribution in [2.45, 2.75) is 0 Å². The molecule has 0 bridgehead atoms. The van der Waals surface area contributed by atoms with Gasteiger partial charge in [-0.3, -0.25) is 0 Å². The standard InChI is InChI=1S/C13H9O.Au/c14-13(11-7-3-1-4-8-11)12-9-5-2-6-10-12;/h1-9H;/q-1;+1. The Kier molecular flexibility index (Phi) is 4.50. The number of hydrogen-bond acceptors (Lipinski definition) is 1. The molecular weight excluding hydrogens is 369 g/mol. The third-order valence-corrected chi connectivity index (χ3v) is 1.99. The molecule has 0 unspecified atom stereocenters. The van der Waals surface area contributed by atoms with Crippen molar-refractivity contribution in [1.82, 2.24) is 0 Å². The molecule has 0 saturated heterocycles. The van der Waals surface area contributed by atoms with Gasteiger partial charge in [0, 0.05) is 0 Å². The molecule has 15 heavy (non-hydrogen) atoms. The first-order valence-corrected chi connectivity index (χ1v) is 4.44. The normalized spacial score (nSPS) is 9.07. The molecule has 0 N–H and O–H groups in total. The fourth-order valence-corrected chi connectivity index (χ4v) is 1.28. The van der Waals surface area contributed by atoms with Gasteiger partial charge in [-0.2, -0.15) is 0 Å². The van der Waals surface area contributed by atoms with Crippen molar-refractivity contribution in [3.8, 4) is 0 Å². The van der Waals surface area contributed by atoms with E-state index in [-0.39, 0.29) is 28.2 Å². The first-order valence-electron chi connectivity index (χ1n) is 4.44. The quantitative estimate of drug-likeness (QED) is 0.446. The van der Waals surface area contributed by atoms with Crippen LogP contribution >= 0.6 is 0 Å². The first kappa shape index (κ1) is 11.9. The minimum absolute atomic E-state index is 0. The van der Waals surface area contributed by atoms with Crippen LogP contribution < -0.4 is 0 Å². The Labute approximate surface area is 105 Å². The summed E-state index contributed by atoms with van der Waals surface area (Å²) in [6.45, 7) is 0. The topological polar surface area (TPSA) is 17.1 Å². The zero-order chi connectivity index (χ0) is 9.80. The molecule has 1 nitrogen and oxygen atoms in total. The maximum Gasteiger partial charge on any atom is 1.00 e. The molecule has 2 rings (SSSR count). The van der Waals surface area contributed by atoms with Gasteiger partial charge < -0.3 is 4.79 Å². The molecule has 0 fully saturated rings. The van der Waals surface area contributed by atoms with E-state index < -0.39 is 0 Å². The molecule has 2 heteroatoms. The third-order valence-electron chi connectivity index (χ3n) is 1.99. The Bertz CT molecular complexity index is 381. The summed E-state index contributed by atoms with van der Waals surface area (Å²) in [7, 11) is 0. The summed E-state index contributed by atoms with van der Waals surface area (Å²) in [4.78, 5) is 11.8. The molecule has 0 spiro atoms. The second-order valence-electron chi connectivity index (χ2n) is 2.97. The van der Waals surface area contributed by atoms with Crippen molar-refractivity contribution in [2.75, 3.05) is 0 Å². The van der Waals surface area contributed by atoms with E-state index in [0.717, 1.165) is 0 Å². The van der Waals surface area contributed by atoms with Crippen LogP contribution in [-0.4, -0.2) is 5.78 Å². The minimum Gasteiger partial charge on any atom is -0.346 e. The monoisotopic (exact) mass is 378 g/mol. The van der Waals surface area contributed by atoms with Crippen LogP contribution in [0.5, 0.6) is 0 Å². The van der Waals surface area contributed by atoms with Gasteiger partial charge in [-0.15, -0.1) is 35.9 Å². The predicted molar refractivity (Wildman–Crippen MR) is 55.2 cm³/mol. The summed E-state index contributed by atoms with van der Waals surface area (Å²) < 4.78 is 0. The average molecular weight is 378 g/mol. The summed E-state index contributed by atoms with van der Waals surface area (Å²) in [5.74, 6) is 0.0196. The molecule has 0 heterocycles. The second-order valence-corrected chi connectivity index (χ2v) is 2.97. The van der Waals surface area contributed by atoms with Crippen LogP contribution in [0, 0.1) is 6.07 Å². The fraction of sp³-hybridized carbons (Fsp3) is 0. The van der Waals surface area contributed by atoms with Crippen LogP contribution in [0.15, 0.2) is 54.6 Å². The molecule has 2 aromatic carbocycles. The average Bonchev–Trinajstić information content (AvgIpc) is 2.30. The first-order chi connectivity index (χ1) is 6.88.